The summed E-state index contributed by atoms with van der Waals surface area (Å²) >= 11 is 3.44. The van der Waals surface area contributed by atoms with E-state index in [0.717, 1.165) is 15.4 Å². The van der Waals surface area contributed by atoms with Gasteiger partial charge < -0.3 is 4.42 Å². The van der Waals surface area contributed by atoms with Crippen LogP contribution < -0.4 is 5.56 Å². The van der Waals surface area contributed by atoms with E-state index in [-0.39, 0.29) is 5.56 Å². The van der Waals surface area contributed by atoms with Crippen molar-refractivity contribution in [1.29, 1.82) is 0 Å². The highest BCUT2D eigenvalue weighted by molar-refractivity contribution is 9.10. The van der Waals surface area contributed by atoms with E-state index in [4.69, 9.17) is 4.42 Å². The molecule has 0 spiro atoms. The zero-order valence-corrected chi connectivity index (χ0v) is 13.1. The van der Waals surface area contributed by atoms with Gasteiger partial charge >= 0.3 is 0 Å². The molecule has 0 aliphatic heterocycles. The van der Waals surface area contributed by atoms with Crippen LogP contribution in [0.25, 0.3) is 22.1 Å². The van der Waals surface area contributed by atoms with Gasteiger partial charge in [-0.1, -0.05) is 40.2 Å². The van der Waals surface area contributed by atoms with Crippen LogP contribution in [0, 0.1) is 0 Å². The number of hydrogen-bond donors (Lipinski definition) is 0. The number of aromatic nitrogens is 2. The second-order valence-electron chi connectivity index (χ2n) is 5.08. The van der Waals surface area contributed by atoms with Crippen LogP contribution in [-0.4, -0.2) is 9.55 Å². The van der Waals surface area contributed by atoms with Gasteiger partial charge in [0.2, 0.25) is 5.58 Å². The Morgan fingerprint density at radius 3 is 2.86 bits per heavy atom. The Bertz CT molecular complexity index is 1050. The highest BCUT2D eigenvalue weighted by Crippen LogP contribution is 2.24. The minimum absolute atomic E-state index is 0.166. The molecule has 4 aromatic rings. The number of furan rings is 1. The molecule has 0 saturated carbocycles. The average Bonchev–Trinajstić information content (AvgIpc) is 2.90. The van der Waals surface area contributed by atoms with Crippen molar-refractivity contribution in [1.82, 2.24) is 9.55 Å². The van der Waals surface area contributed by atoms with Crippen molar-refractivity contribution in [2.24, 2.45) is 0 Å². The molecule has 4 rings (SSSR count). The van der Waals surface area contributed by atoms with Crippen molar-refractivity contribution in [2.45, 2.75) is 6.54 Å². The van der Waals surface area contributed by atoms with Crippen molar-refractivity contribution in [3.8, 4) is 0 Å². The van der Waals surface area contributed by atoms with E-state index >= 15 is 0 Å². The van der Waals surface area contributed by atoms with Gasteiger partial charge in [0.1, 0.15) is 11.1 Å². The second-order valence-corrected chi connectivity index (χ2v) is 6.00. The lowest BCUT2D eigenvalue weighted by molar-refractivity contribution is 0.642. The van der Waals surface area contributed by atoms with Crippen molar-refractivity contribution in [2.75, 3.05) is 0 Å². The maximum absolute atomic E-state index is 12.6. The van der Waals surface area contributed by atoms with E-state index in [1.807, 2.05) is 48.5 Å². The summed E-state index contributed by atoms with van der Waals surface area (Å²) in [6.45, 7) is 0.457. The second kappa shape index (κ2) is 5.10. The summed E-state index contributed by atoms with van der Waals surface area (Å²) in [6, 6.07) is 15.4. The number of benzene rings is 2. The van der Waals surface area contributed by atoms with E-state index in [1.54, 1.807) is 10.9 Å². The first-order valence-corrected chi connectivity index (χ1v) is 7.63. The van der Waals surface area contributed by atoms with Crippen LogP contribution in [0.3, 0.4) is 0 Å². The summed E-state index contributed by atoms with van der Waals surface area (Å²) in [5.74, 6) is 0. The number of para-hydroxylation sites is 1. The molecule has 2 aromatic heterocycles. The third kappa shape index (κ3) is 2.14. The lowest BCUT2D eigenvalue weighted by Gasteiger charge is -2.05. The Hall–Kier alpha value is -2.40. The minimum Gasteiger partial charge on any atom is -0.448 e. The monoisotopic (exact) mass is 354 g/mol. The Kier molecular flexibility index (Phi) is 3.08. The Morgan fingerprint density at radius 2 is 2.00 bits per heavy atom. The smallest absolute Gasteiger partial charge is 0.297 e. The van der Waals surface area contributed by atoms with Gasteiger partial charge in [-0.2, -0.15) is 0 Å². The Morgan fingerprint density at radius 1 is 1.14 bits per heavy atom. The number of rotatable bonds is 2. The molecule has 0 amide bonds. The fraction of sp³-hybridized carbons (Fsp3) is 0.0588. The molecular formula is C17H11BrN2O2. The van der Waals surface area contributed by atoms with E-state index in [0.29, 0.717) is 23.2 Å². The fourth-order valence-corrected chi connectivity index (χ4v) is 3.01. The molecule has 0 atom stereocenters. The van der Waals surface area contributed by atoms with E-state index in [1.165, 1.54) is 0 Å². The summed E-state index contributed by atoms with van der Waals surface area (Å²) in [7, 11) is 0. The lowest BCUT2D eigenvalue weighted by atomic mass is 10.2. The summed E-state index contributed by atoms with van der Waals surface area (Å²) < 4.78 is 8.22. The van der Waals surface area contributed by atoms with Crippen molar-refractivity contribution >= 4 is 38.0 Å². The quantitative estimate of drug-likeness (QED) is 0.547. The fourth-order valence-electron chi connectivity index (χ4n) is 2.56. The molecule has 0 radical (unpaired) electrons. The minimum atomic E-state index is -0.166. The van der Waals surface area contributed by atoms with E-state index in [9.17, 15) is 4.79 Å². The van der Waals surface area contributed by atoms with Gasteiger partial charge in [-0.15, -0.1) is 0 Å². The molecule has 4 nitrogen and oxygen atoms in total. The van der Waals surface area contributed by atoms with Crippen LogP contribution >= 0.6 is 15.9 Å². The first-order valence-electron chi connectivity index (χ1n) is 6.83. The highest BCUT2D eigenvalue weighted by Gasteiger charge is 2.13. The third-order valence-electron chi connectivity index (χ3n) is 3.59. The zero-order chi connectivity index (χ0) is 15.1. The first kappa shape index (κ1) is 13.3. The summed E-state index contributed by atoms with van der Waals surface area (Å²) in [4.78, 5) is 17.0. The van der Waals surface area contributed by atoms with E-state index < -0.39 is 0 Å². The largest absolute Gasteiger partial charge is 0.448 e. The zero-order valence-electron chi connectivity index (χ0n) is 11.5. The lowest BCUT2D eigenvalue weighted by Crippen LogP contribution is -2.20. The molecule has 5 heteroatoms. The first-order chi connectivity index (χ1) is 10.7. The predicted molar refractivity (Wildman–Crippen MR) is 89.0 cm³/mol. The van der Waals surface area contributed by atoms with Crippen molar-refractivity contribution < 1.29 is 4.42 Å². The van der Waals surface area contributed by atoms with Gasteiger partial charge in [0.15, 0.2) is 0 Å². The topological polar surface area (TPSA) is 48.0 Å². The number of hydrogen-bond acceptors (Lipinski definition) is 3. The molecule has 0 saturated heterocycles. The molecule has 0 aliphatic rings. The molecule has 22 heavy (non-hydrogen) atoms. The van der Waals surface area contributed by atoms with Crippen LogP contribution in [0.1, 0.15) is 5.56 Å². The van der Waals surface area contributed by atoms with Crippen molar-refractivity contribution in [3.05, 3.63) is 75.2 Å². The standard InChI is InChI=1S/C17H11BrN2O2/c18-12-5-3-4-11(8-12)9-20-10-19-15-13-6-1-2-7-14(13)22-16(15)17(20)21/h1-8,10H,9H2. The molecular weight excluding hydrogens is 344 g/mol. The summed E-state index contributed by atoms with van der Waals surface area (Å²) in [5.41, 5.74) is 2.46. The normalized spacial score (nSPS) is 11.3. The molecule has 2 heterocycles. The molecule has 0 aliphatic carbocycles. The van der Waals surface area contributed by atoms with Crippen LogP contribution in [-0.2, 0) is 6.54 Å². The molecule has 0 fully saturated rings. The third-order valence-corrected chi connectivity index (χ3v) is 4.09. The SMILES string of the molecule is O=c1c2oc3ccccc3c2ncn1Cc1cccc(Br)c1. The van der Waals surface area contributed by atoms with Gasteiger partial charge in [0.25, 0.3) is 5.56 Å². The molecule has 2 aromatic carbocycles. The number of nitrogens with zero attached hydrogens (tertiary/aromatic N) is 2. The van der Waals surface area contributed by atoms with Crippen molar-refractivity contribution in [3.63, 3.8) is 0 Å². The summed E-state index contributed by atoms with van der Waals surface area (Å²) in [5, 5.41) is 0.865. The Balaban J connectivity index is 1.87. The van der Waals surface area contributed by atoms with Crippen LogP contribution in [0.15, 0.2) is 68.5 Å². The molecule has 108 valence electrons. The average molecular weight is 355 g/mol. The van der Waals surface area contributed by atoms with Gasteiger partial charge in [0, 0.05) is 9.86 Å². The van der Waals surface area contributed by atoms with Gasteiger partial charge in [-0.25, -0.2) is 4.98 Å². The number of fused-ring (bicyclic) bond motifs is 3. The molecule has 0 N–H and O–H groups in total. The van der Waals surface area contributed by atoms with Crippen LogP contribution in [0.2, 0.25) is 0 Å². The van der Waals surface area contributed by atoms with E-state index in [2.05, 4.69) is 20.9 Å². The van der Waals surface area contributed by atoms with Gasteiger partial charge in [0.05, 0.1) is 12.9 Å². The van der Waals surface area contributed by atoms with Gasteiger partial charge in [-0.3, -0.25) is 9.36 Å². The number of halogens is 1. The molecule has 0 unspecified atom stereocenters. The maximum Gasteiger partial charge on any atom is 0.297 e. The predicted octanol–water partition coefficient (Wildman–Crippen LogP) is 3.95. The maximum atomic E-state index is 12.6. The molecule has 0 bridgehead atoms. The van der Waals surface area contributed by atoms with Gasteiger partial charge in [-0.05, 0) is 29.8 Å². The van der Waals surface area contributed by atoms with Crippen LogP contribution in [0.4, 0.5) is 0 Å². The summed E-state index contributed by atoms with van der Waals surface area (Å²) in [6.07, 6.45) is 1.58. The van der Waals surface area contributed by atoms with Crippen LogP contribution in [0.5, 0.6) is 0 Å². The highest BCUT2D eigenvalue weighted by atomic mass is 79.9. The Labute approximate surface area is 134 Å².